The molecule has 1 fully saturated rings. The second kappa shape index (κ2) is 4.36. The van der Waals surface area contributed by atoms with Crippen LogP contribution >= 0.6 is 0 Å². The Labute approximate surface area is 92.9 Å². The zero-order valence-electron chi connectivity index (χ0n) is 10.0. The smallest absolute Gasteiger partial charge is 0.0210 e. The fraction of sp³-hybridized carbons (Fsp3) is 0.571. The molecule has 0 bridgehead atoms. The van der Waals surface area contributed by atoms with Crippen LogP contribution in [0.3, 0.4) is 0 Å². The Morgan fingerprint density at radius 2 is 2.00 bits per heavy atom. The van der Waals surface area contributed by atoms with Gasteiger partial charge < -0.3 is 5.32 Å². The van der Waals surface area contributed by atoms with Gasteiger partial charge in [-0.2, -0.15) is 0 Å². The monoisotopic (exact) mass is 203 g/mol. The molecule has 15 heavy (non-hydrogen) atoms. The first-order valence-electron chi connectivity index (χ1n) is 5.94. The maximum Gasteiger partial charge on any atom is 0.0210 e. The SMILES string of the molecule is Cc1ccc(C)c(CNC2CC(C)C2)c1. The van der Waals surface area contributed by atoms with E-state index >= 15 is 0 Å². The summed E-state index contributed by atoms with van der Waals surface area (Å²) in [6.07, 6.45) is 2.70. The molecule has 0 spiro atoms. The van der Waals surface area contributed by atoms with Crippen LogP contribution in [0.1, 0.15) is 36.5 Å². The Hall–Kier alpha value is -0.820. The van der Waals surface area contributed by atoms with Gasteiger partial charge in [-0.15, -0.1) is 0 Å². The molecule has 0 unspecified atom stereocenters. The Bertz CT molecular complexity index is 337. The lowest BCUT2D eigenvalue weighted by molar-refractivity contribution is 0.240. The predicted octanol–water partition coefficient (Wildman–Crippen LogP) is 3.19. The minimum absolute atomic E-state index is 0.764. The van der Waals surface area contributed by atoms with Crippen molar-refractivity contribution in [2.45, 2.75) is 46.2 Å². The van der Waals surface area contributed by atoms with Crippen molar-refractivity contribution in [1.29, 1.82) is 0 Å². The lowest BCUT2D eigenvalue weighted by Gasteiger charge is -2.33. The van der Waals surface area contributed by atoms with Crippen molar-refractivity contribution in [3.05, 3.63) is 34.9 Å². The van der Waals surface area contributed by atoms with Gasteiger partial charge in [-0.25, -0.2) is 0 Å². The van der Waals surface area contributed by atoms with Gasteiger partial charge in [0.05, 0.1) is 0 Å². The number of nitrogens with one attached hydrogen (secondary N) is 1. The van der Waals surface area contributed by atoms with Gasteiger partial charge in [0.25, 0.3) is 0 Å². The van der Waals surface area contributed by atoms with E-state index in [0.29, 0.717) is 0 Å². The quantitative estimate of drug-likeness (QED) is 0.795. The molecule has 0 amide bonds. The molecule has 1 aromatic rings. The van der Waals surface area contributed by atoms with Crippen molar-refractivity contribution in [3.8, 4) is 0 Å². The summed E-state index contributed by atoms with van der Waals surface area (Å²) in [7, 11) is 0. The van der Waals surface area contributed by atoms with Crippen LogP contribution in [0.15, 0.2) is 18.2 Å². The highest BCUT2D eigenvalue weighted by molar-refractivity contribution is 5.30. The summed E-state index contributed by atoms with van der Waals surface area (Å²) < 4.78 is 0. The third-order valence-electron chi connectivity index (χ3n) is 3.46. The molecule has 0 radical (unpaired) electrons. The Morgan fingerprint density at radius 1 is 1.27 bits per heavy atom. The van der Waals surface area contributed by atoms with Gasteiger partial charge in [0.2, 0.25) is 0 Å². The summed E-state index contributed by atoms with van der Waals surface area (Å²) in [5.74, 6) is 0.932. The van der Waals surface area contributed by atoms with E-state index in [1.165, 1.54) is 29.5 Å². The zero-order chi connectivity index (χ0) is 10.8. The molecule has 0 saturated heterocycles. The Morgan fingerprint density at radius 3 is 2.67 bits per heavy atom. The van der Waals surface area contributed by atoms with Crippen LogP contribution in [0.4, 0.5) is 0 Å². The summed E-state index contributed by atoms with van der Waals surface area (Å²) >= 11 is 0. The largest absolute Gasteiger partial charge is 0.310 e. The van der Waals surface area contributed by atoms with Crippen LogP contribution < -0.4 is 5.32 Å². The first-order valence-corrected chi connectivity index (χ1v) is 5.94. The molecule has 0 heterocycles. The van der Waals surface area contributed by atoms with Gasteiger partial charge in [0, 0.05) is 12.6 Å². The fourth-order valence-corrected chi connectivity index (χ4v) is 2.31. The van der Waals surface area contributed by atoms with Gasteiger partial charge in [-0.05, 0) is 43.7 Å². The van der Waals surface area contributed by atoms with E-state index in [9.17, 15) is 0 Å². The molecule has 1 aliphatic carbocycles. The van der Waals surface area contributed by atoms with Crippen molar-refractivity contribution >= 4 is 0 Å². The number of hydrogen-bond acceptors (Lipinski definition) is 1. The standard InChI is InChI=1S/C14H21N/c1-10-4-5-12(3)13(6-10)9-15-14-7-11(2)8-14/h4-6,11,14-15H,7-9H2,1-3H3. The van der Waals surface area contributed by atoms with Gasteiger partial charge in [-0.1, -0.05) is 30.7 Å². The van der Waals surface area contributed by atoms with Crippen molar-refractivity contribution in [3.63, 3.8) is 0 Å². The number of benzene rings is 1. The van der Waals surface area contributed by atoms with E-state index in [1.807, 2.05) is 0 Å². The molecule has 0 aliphatic heterocycles. The second-order valence-electron chi connectivity index (χ2n) is 5.08. The predicted molar refractivity (Wildman–Crippen MR) is 64.9 cm³/mol. The average molecular weight is 203 g/mol. The van der Waals surface area contributed by atoms with E-state index < -0.39 is 0 Å². The van der Waals surface area contributed by atoms with Crippen molar-refractivity contribution in [2.75, 3.05) is 0 Å². The molecule has 1 aromatic carbocycles. The van der Waals surface area contributed by atoms with E-state index in [-0.39, 0.29) is 0 Å². The van der Waals surface area contributed by atoms with E-state index in [0.717, 1.165) is 18.5 Å². The summed E-state index contributed by atoms with van der Waals surface area (Å²) in [5, 5.41) is 3.63. The Kier molecular flexibility index (Phi) is 3.11. The lowest BCUT2D eigenvalue weighted by Crippen LogP contribution is -2.39. The van der Waals surface area contributed by atoms with Gasteiger partial charge >= 0.3 is 0 Å². The molecule has 0 atom stereocenters. The molecule has 2 rings (SSSR count). The van der Waals surface area contributed by atoms with Gasteiger partial charge in [0.1, 0.15) is 0 Å². The van der Waals surface area contributed by atoms with Crippen molar-refractivity contribution < 1.29 is 0 Å². The first-order chi connectivity index (χ1) is 7.15. The maximum absolute atomic E-state index is 3.63. The number of rotatable bonds is 3. The molecule has 1 N–H and O–H groups in total. The number of hydrogen-bond donors (Lipinski definition) is 1. The van der Waals surface area contributed by atoms with Crippen LogP contribution in [0, 0.1) is 19.8 Å². The highest BCUT2D eigenvalue weighted by Gasteiger charge is 2.24. The molecule has 0 aromatic heterocycles. The minimum Gasteiger partial charge on any atom is -0.310 e. The second-order valence-corrected chi connectivity index (χ2v) is 5.08. The van der Waals surface area contributed by atoms with E-state index in [4.69, 9.17) is 0 Å². The first kappa shape index (κ1) is 10.7. The summed E-state index contributed by atoms with van der Waals surface area (Å²) in [4.78, 5) is 0. The fourth-order valence-electron chi connectivity index (χ4n) is 2.31. The molecule has 82 valence electrons. The van der Waals surface area contributed by atoms with Crippen LogP contribution in [0.2, 0.25) is 0 Å². The third-order valence-corrected chi connectivity index (χ3v) is 3.46. The van der Waals surface area contributed by atoms with Crippen molar-refractivity contribution in [1.82, 2.24) is 5.32 Å². The van der Waals surface area contributed by atoms with E-state index in [1.54, 1.807) is 0 Å². The van der Waals surface area contributed by atoms with Crippen LogP contribution in [0.25, 0.3) is 0 Å². The summed E-state index contributed by atoms with van der Waals surface area (Å²) in [5.41, 5.74) is 4.22. The molecule has 1 saturated carbocycles. The average Bonchev–Trinajstić information content (AvgIpc) is 2.16. The minimum atomic E-state index is 0.764. The maximum atomic E-state index is 3.63. The molecule has 1 heteroatoms. The summed E-state index contributed by atoms with van der Waals surface area (Å²) in [6, 6.07) is 7.46. The van der Waals surface area contributed by atoms with Gasteiger partial charge in [-0.3, -0.25) is 0 Å². The molecular formula is C14H21N. The molecule has 1 nitrogen and oxygen atoms in total. The topological polar surface area (TPSA) is 12.0 Å². The van der Waals surface area contributed by atoms with E-state index in [2.05, 4.69) is 44.3 Å². The van der Waals surface area contributed by atoms with Gasteiger partial charge in [0.15, 0.2) is 0 Å². The summed E-state index contributed by atoms with van der Waals surface area (Å²) in [6.45, 7) is 7.72. The molecular weight excluding hydrogens is 182 g/mol. The highest BCUT2D eigenvalue weighted by atomic mass is 14.9. The number of aryl methyl sites for hydroxylation is 2. The van der Waals surface area contributed by atoms with Crippen LogP contribution in [-0.4, -0.2) is 6.04 Å². The molecule has 1 aliphatic rings. The highest BCUT2D eigenvalue weighted by Crippen LogP contribution is 2.26. The third kappa shape index (κ3) is 2.60. The van der Waals surface area contributed by atoms with Crippen LogP contribution in [0.5, 0.6) is 0 Å². The van der Waals surface area contributed by atoms with Crippen LogP contribution in [-0.2, 0) is 6.54 Å². The van der Waals surface area contributed by atoms with Crippen molar-refractivity contribution in [2.24, 2.45) is 5.92 Å². The normalized spacial score (nSPS) is 25.0. The Balaban J connectivity index is 1.90. The zero-order valence-corrected chi connectivity index (χ0v) is 10.0. The lowest BCUT2D eigenvalue weighted by atomic mass is 9.82.